The molecule has 0 fully saturated rings. The molecule has 0 spiro atoms. The number of anilines is 1. The third kappa shape index (κ3) is 5.76. The molecule has 0 bridgehead atoms. The van der Waals surface area contributed by atoms with Gasteiger partial charge in [0.2, 0.25) is 11.8 Å². The monoisotopic (exact) mass is 326 g/mol. The lowest BCUT2D eigenvalue weighted by atomic mass is 10.2. The SMILES string of the molecule is COc1ccc(NC(=O)CC(=O)N(C)C[C@@H](O)CO)c(OC)c1. The number of ether oxygens (including phenoxy) is 2. The number of nitrogens with one attached hydrogen (secondary N) is 1. The van der Waals surface area contributed by atoms with Crippen LogP contribution in [-0.2, 0) is 9.59 Å². The quantitative estimate of drug-likeness (QED) is 0.573. The van der Waals surface area contributed by atoms with Gasteiger partial charge in [-0.3, -0.25) is 9.59 Å². The molecule has 8 heteroatoms. The highest BCUT2D eigenvalue weighted by atomic mass is 16.5. The van der Waals surface area contributed by atoms with E-state index < -0.39 is 24.5 Å². The standard InChI is InChI=1S/C15H22N2O6/c1-17(8-10(19)9-18)15(21)7-14(20)16-12-5-4-11(22-2)6-13(12)23-3/h4-6,10,18-19H,7-9H2,1-3H3,(H,16,20)/t10-/m1/s1. The van der Waals surface area contributed by atoms with Crippen molar-refractivity contribution in [3.63, 3.8) is 0 Å². The molecule has 128 valence electrons. The number of benzene rings is 1. The number of rotatable bonds is 8. The molecule has 1 atom stereocenters. The lowest BCUT2D eigenvalue weighted by molar-refractivity contribution is -0.134. The van der Waals surface area contributed by atoms with Gasteiger partial charge in [-0.2, -0.15) is 0 Å². The van der Waals surface area contributed by atoms with Gasteiger partial charge in [-0.05, 0) is 12.1 Å². The normalized spacial score (nSPS) is 11.5. The molecule has 1 aromatic carbocycles. The minimum atomic E-state index is -1.03. The number of hydrogen-bond acceptors (Lipinski definition) is 6. The van der Waals surface area contributed by atoms with E-state index in [0.717, 1.165) is 0 Å². The third-order valence-electron chi connectivity index (χ3n) is 3.12. The Morgan fingerprint density at radius 2 is 2.00 bits per heavy atom. The highest BCUT2D eigenvalue weighted by Gasteiger charge is 2.17. The molecule has 0 heterocycles. The number of hydrogen-bond donors (Lipinski definition) is 3. The number of likely N-dealkylation sites (N-methyl/N-ethyl adjacent to an activating group) is 1. The van der Waals surface area contributed by atoms with Crippen LogP contribution in [0, 0.1) is 0 Å². The first-order chi connectivity index (χ1) is 10.9. The van der Waals surface area contributed by atoms with Crippen LogP contribution in [0.1, 0.15) is 6.42 Å². The number of carbonyl (C=O) groups excluding carboxylic acids is 2. The molecule has 0 aliphatic carbocycles. The van der Waals surface area contributed by atoms with Crippen molar-refractivity contribution < 1.29 is 29.3 Å². The lowest BCUT2D eigenvalue weighted by Crippen LogP contribution is -2.37. The van der Waals surface area contributed by atoms with Crippen LogP contribution in [0.5, 0.6) is 11.5 Å². The van der Waals surface area contributed by atoms with E-state index >= 15 is 0 Å². The Labute approximate surface area is 134 Å². The molecule has 0 saturated heterocycles. The van der Waals surface area contributed by atoms with Gasteiger partial charge in [-0.15, -0.1) is 0 Å². The van der Waals surface area contributed by atoms with E-state index in [1.54, 1.807) is 18.2 Å². The van der Waals surface area contributed by atoms with Crippen molar-refractivity contribution in [1.29, 1.82) is 0 Å². The molecular formula is C15H22N2O6. The summed E-state index contributed by atoms with van der Waals surface area (Å²) in [7, 11) is 4.42. The van der Waals surface area contributed by atoms with Gasteiger partial charge in [-0.1, -0.05) is 0 Å². The van der Waals surface area contributed by atoms with Gasteiger partial charge in [0.05, 0.1) is 32.6 Å². The van der Waals surface area contributed by atoms with Crippen molar-refractivity contribution in [3.05, 3.63) is 18.2 Å². The number of aliphatic hydroxyl groups is 2. The molecule has 8 nitrogen and oxygen atoms in total. The molecule has 23 heavy (non-hydrogen) atoms. The van der Waals surface area contributed by atoms with Crippen molar-refractivity contribution >= 4 is 17.5 Å². The molecule has 0 aliphatic rings. The molecule has 0 saturated carbocycles. The Hall–Kier alpha value is -2.32. The van der Waals surface area contributed by atoms with Gasteiger partial charge in [0.25, 0.3) is 0 Å². The van der Waals surface area contributed by atoms with Crippen molar-refractivity contribution in [1.82, 2.24) is 4.90 Å². The molecule has 1 aromatic rings. The van der Waals surface area contributed by atoms with E-state index in [4.69, 9.17) is 14.6 Å². The topological polar surface area (TPSA) is 108 Å². The van der Waals surface area contributed by atoms with Crippen LogP contribution in [0.2, 0.25) is 0 Å². The molecule has 0 aromatic heterocycles. The Balaban J connectivity index is 2.64. The Bertz CT molecular complexity index is 549. The smallest absolute Gasteiger partial charge is 0.233 e. The summed E-state index contributed by atoms with van der Waals surface area (Å²) in [5.74, 6) is 0.00846. The van der Waals surface area contributed by atoms with Gasteiger partial charge in [0.15, 0.2) is 0 Å². The minimum Gasteiger partial charge on any atom is -0.497 e. The average molecular weight is 326 g/mol. The first kappa shape index (κ1) is 18.7. The van der Waals surface area contributed by atoms with Crippen molar-refractivity contribution in [2.24, 2.45) is 0 Å². The van der Waals surface area contributed by atoms with Crippen molar-refractivity contribution in [2.45, 2.75) is 12.5 Å². The second-order valence-electron chi connectivity index (χ2n) is 4.90. The van der Waals surface area contributed by atoms with Gasteiger partial charge < -0.3 is 29.9 Å². The minimum absolute atomic E-state index is 0.0472. The van der Waals surface area contributed by atoms with E-state index in [2.05, 4.69) is 5.32 Å². The number of nitrogens with zero attached hydrogens (tertiary/aromatic N) is 1. The first-order valence-corrected chi connectivity index (χ1v) is 6.96. The summed E-state index contributed by atoms with van der Waals surface area (Å²) in [5, 5.41) is 20.6. The summed E-state index contributed by atoms with van der Waals surface area (Å²) in [4.78, 5) is 25.0. The maximum absolute atomic E-state index is 11.9. The van der Waals surface area contributed by atoms with E-state index in [-0.39, 0.29) is 13.0 Å². The third-order valence-corrected chi connectivity index (χ3v) is 3.12. The second-order valence-corrected chi connectivity index (χ2v) is 4.90. The summed E-state index contributed by atoms with van der Waals surface area (Å²) in [6, 6.07) is 4.88. The van der Waals surface area contributed by atoms with Crippen LogP contribution >= 0.6 is 0 Å². The molecular weight excluding hydrogens is 304 g/mol. The first-order valence-electron chi connectivity index (χ1n) is 6.96. The van der Waals surface area contributed by atoms with E-state index in [1.165, 1.54) is 26.2 Å². The zero-order chi connectivity index (χ0) is 17.4. The van der Waals surface area contributed by atoms with Gasteiger partial charge in [-0.25, -0.2) is 0 Å². The largest absolute Gasteiger partial charge is 0.497 e. The van der Waals surface area contributed by atoms with Gasteiger partial charge >= 0.3 is 0 Å². The Morgan fingerprint density at radius 3 is 2.57 bits per heavy atom. The molecule has 0 unspecified atom stereocenters. The maximum Gasteiger partial charge on any atom is 0.233 e. The maximum atomic E-state index is 11.9. The predicted molar refractivity (Wildman–Crippen MR) is 83.5 cm³/mol. The summed E-state index contributed by atoms with van der Waals surface area (Å²) in [6.07, 6.45) is -1.42. The molecule has 0 aliphatic heterocycles. The number of methoxy groups -OCH3 is 2. The Morgan fingerprint density at radius 1 is 1.30 bits per heavy atom. The number of aliphatic hydroxyl groups excluding tert-OH is 2. The van der Waals surface area contributed by atoms with Crippen LogP contribution in [0.25, 0.3) is 0 Å². The van der Waals surface area contributed by atoms with Gasteiger partial charge in [0.1, 0.15) is 17.9 Å². The molecule has 0 radical (unpaired) electrons. The zero-order valence-corrected chi connectivity index (χ0v) is 13.4. The highest BCUT2D eigenvalue weighted by Crippen LogP contribution is 2.29. The fraction of sp³-hybridized carbons (Fsp3) is 0.467. The summed E-state index contributed by atoms with van der Waals surface area (Å²) < 4.78 is 10.2. The van der Waals surface area contributed by atoms with Crippen molar-refractivity contribution in [2.75, 3.05) is 39.7 Å². The highest BCUT2D eigenvalue weighted by molar-refractivity contribution is 6.04. The van der Waals surface area contributed by atoms with Crippen molar-refractivity contribution in [3.8, 4) is 11.5 Å². The summed E-state index contributed by atoms with van der Waals surface area (Å²) in [6.45, 7) is -0.499. The van der Waals surface area contributed by atoms with Gasteiger partial charge in [0, 0.05) is 19.7 Å². The molecule has 1 rings (SSSR count). The number of amides is 2. The van der Waals surface area contributed by atoms with E-state index in [1.807, 2.05) is 0 Å². The summed E-state index contributed by atoms with van der Waals surface area (Å²) >= 11 is 0. The van der Waals surface area contributed by atoms with Crippen LogP contribution < -0.4 is 14.8 Å². The predicted octanol–water partition coefficient (Wildman–Crippen LogP) is -0.156. The molecule has 3 N–H and O–H groups in total. The van der Waals surface area contributed by atoms with Crippen LogP contribution in [0.3, 0.4) is 0 Å². The van der Waals surface area contributed by atoms with Crippen LogP contribution in [0.15, 0.2) is 18.2 Å². The molecule has 2 amide bonds. The Kier molecular flexibility index (Phi) is 7.30. The van der Waals surface area contributed by atoms with E-state index in [9.17, 15) is 14.7 Å². The average Bonchev–Trinajstić information content (AvgIpc) is 2.54. The lowest BCUT2D eigenvalue weighted by Gasteiger charge is -2.19. The second kappa shape index (κ2) is 8.96. The van der Waals surface area contributed by atoms with E-state index in [0.29, 0.717) is 17.2 Å². The fourth-order valence-electron chi connectivity index (χ4n) is 1.84. The van der Waals surface area contributed by atoms with Crippen LogP contribution in [-0.4, -0.2) is 67.5 Å². The zero-order valence-electron chi connectivity index (χ0n) is 13.4. The van der Waals surface area contributed by atoms with Crippen LogP contribution in [0.4, 0.5) is 5.69 Å². The fourth-order valence-corrected chi connectivity index (χ4v) is 1.84. The summed E-state index contributed by atoms with van der Waals surface area (Å²) in [5.41, 5.74) is 0.421. The number of carbonyl (C=O) groups is 2.